The molecule has 3 N–H and O–H groups in total. The average Bonchev–Trinajstić information content (AvgIpc) is 3.24. The van der Waals surface area contributed by atoms with E-state index in [0.29, 0.717) is 11.5 Å². The first-order chi connectivity index (χ1) is 14.3. The van der Waals surface area contributed by atoms with Crippen LogP contribution in [0.15, 0.2) is 29.6 Å². The van der Waals surface area contributed by atoms with E-state index in [1.165, 1.54) is 11.4 Å². The lowest BCUT2D eigenvalue weighted by molar-refractivity contribution is 0.253. The number of benzene rings is 1. The minimum absolute atomic E-state index is 0.128. The highest BCUT2D eigenvalue weighted by Gasteiger charge is 2.16. The average molecular weight is 429 g/mol. The van der Waals surface area contributed by atoms with Crippen LogP contribution >= 0.6 is 11.3 Å². The monoisotopic (exact) mass is 429 g/mol. The number of amides is 2. The molecule has 0 aliphatic rings. The summed E-state index contributed by atoms with van der Waals surface area (Å²) in [5, 5.41) is 9.44. The van der Waals surface area contributed by atoms with Crippen LogP contribution in [0.5, 0.6) is 0 Å². The Morgan fingerprint density at radius 3 is 2.60 bits per heavy atom. The normalized spacial score (nSPS) is 11.0. The van der Waals surface area contributed by atoms with E-state index in [0.717, 1.165) is 40.1 Å². The molecule has 0 aliphatic carbocycles. The van der Waals surface area contributed by atoms with Crippen LogP contribution in [0.25, 0.3) is 21.6 Å². The Morgan fingerprint density at radius 2 is 1.87 bits per heavy atom. The van der Waals surface area contributed by atoms with Gasteiger partial charge in [-0.2, -0.15) is 5.10 Å². The van der Waals surface area contributed by atoms with E-state index in [1.807, 2.05) is 13.8 Å². The molecule has 3 heterocycles. The topological polar surface area (TPSA) is 96.8 Å². The maximum atomic E-state index is 13.9. The van der Waals surface area contributed by atoms with Crippen LogP contribution in [-0.4, -0.2) is 25.8 Å². The van der Waals surface area contributed by atoms with Crippen LogP contribution in [0, 0.1) is 25.5 Å². The minimum atomic E-state index is -0.718. The van der Waals surface area contributed by atoms with Crippen molar-refractivity contribution in [2.24, 2.45) is 7.05 Å². The maximum Gasteiger partial charge on any atom is 0.339 e. The summed E-state index contributed by atoms with van der Waals surface area (Å²) in [5.41, 5.74) is 7.49. The van der Waals surface area contributed by atoms with Crippen molar-refractivity contribution < 1.29 is 13.6 Å². The van der Waals surface area contributed by atoms with Gasteiger partial charge < -0.3 is 0 Å². The van der Waals surface area contributed by atoms with Gasteiger partial charge in [-0.05, 0) is 37.6 Å². The summed E-state index contributed by atoms with van der Waals surface area (Å²) in [6.45, 7) is 3.84. The molecule has 3 aromatic heterocycles. The summed E-state index contributed by atoms with van der Waals surface area (Å²) in [5.74, 6) is -0.835. The second kappa shape index (κ2) is 7.67. The molecule has 4 rings (SSSR count). The molecule has 30 heavy (non-hydrogen) atoms. The van der Waals surface area contributed by atoms with Gasteiger partial charge in [0.05, 0.1) is 11.3 Å². The molecule has 0 saturated heterocycles. The van der Waals surface area contributed by atoms with E-state index < -0.39 is 17.7 Å². The predicted molar refractivity (Wildman–Crippen MR) is 111 cm³/mol. The number of aryl methyl sites for hydroxylation is 3. The fourth-order valence-corrected chi connectivity index (χ4v) is 3.94. The van der Waals surface area contributed by atoms with Crippen molar-refractivity contribution in [3.63, 3.8) is 0 Å². The van der Waals surface area contributed by atoms with E-state index in [1.54, 1.807) is 17.8 Å². The van der Waals surface area contributed by atoms with Gasteiger partial charge >= 0.3 is 6.03 Å². The zero-order valence-corrected chi connectivity index (χ0v) is 17.1. The third-order valence-electron chi connectivity index (χ3n) is 4.39. The molecule has 0 bridgehead atoms. The number of hydrogen-bond acceptors (Lipinski definition) is 6. The maximum absolute atomic E-state index is 13.9. The number of anilines is 2. The van der Waals surface area contributed by atoms with Crippen molar-refractivity contribution in [1.82, 2.24) is 25.2 Å². The molecule has 0 unspecified atom stereocenters. The number of fused-ring (bicyclic) bond motifs is 1. The lowest BCUT2D eigenvalue weighted by atomic mass is 10.1. The van der Waals surface area contributed by atoms with E-state index in [9.17, 15) is 13.6 Å². The van der Waals surface area contributed by atoms with Crippen LogP contribution in [0.4, 0.5) is 25.2 Å². The Kier molecular flexibility index (Phi) is 5.04. The smallest absolute Gasteiger partial charge is 0.290 e. The number of hydrazine groups is 1. The quantitative estimate of drug-likeness (QED) is 0.424. The second-order valence-corrected chi connectivity index (χ2v) is 7.43. The van der Waals surface area contributed by atoms with Crippen LogP contribution in [0.3, 0.4) is 0 Å². The number of hydrogen-bond donors (Lipinski definition) is 3. The van der Waals surface area contributed by atoms with E-state index >= 15 is 0 Å². The van der Waals surface area contributed by atoms with Crippen molar-refractivity contribution in [1.29, 1.82) is 0 Å². The van der Waals surface area contributed by atoms with Crippen molar-refractivity contribution in [2.45, 2.75) is 13.8 Å². The Balaban J connectivity index is 1.44. The fourth-order valence-electron chi connectivity index (χ4n) is 3.14. The molecule has 0 spiro atoms. The van der Waals surface area contributed by atoms with Gasteiger partial charge in [-0.15, -0.1) is 11.3 Å². The lowest BCUT2D eigenvalue weighted by Crippen LogP contribution is -2.34. The number of carbonyl (C=O) groups excluding carboxylic acids is 1. The Morgan fingerprint density at radius 1 is 1.13 bits per heavy atom. The van der Waals surface area contributed by atoms with Gasteiger partial charge in [0.2, 0.25) is 0 Å². The minimum Gasteiger partial charge on any atom is -0.290 e. The third kappa shape index (κ3) is 3.66. The molecule has 0 aliphatic heterocycles. The highest BCUT2D eigenvalue weighted by molar-refractivity contribution is 7.13. The highest BCUT2D eigenvalue weighted by Crippen LogP contribution is 2.30. The number of urea groups is 1. The number of aromatic nitrogens is 4. The van der Waals surface area contributed by atoms with E-state index in [2.05, 4.69) is 31.2 Å². The SMILES string of the molecule is Cc1cc(NNC(=O)Nc2csc(-c3c(F)cccc3F)n2)nc2c1c(C)nn2C. The van der Waals surface area contributed by atoms with Crippen LogP contribution in [0.2, 0.25) is 0 Å². The van der Waals surface area contributed by atoms with Gasteiger partial charge in [-0.25, -0.2) is 29.0 Å². The summed E-state index contributed by atoms with van der Waals surface area (Å²) < 4.78 is 29.5. The highest BCUT2D eigenvalue weighted by atomic mass is 32.1. The standard InChI is InChI=1S/C19H17F2N7OS/c1-9-7-13(22-17-15(9)10(2)27-28(17)3)25-26-19(29)24-14-8-30-18(23-14)16-11(20)5-4-6-12(16)21/h4-8H,1-3H3,(H,22,25)(H2,24,26,29). The van der Waals surface area contributed by atoms with Gasteiger partial charge in [-0.1, -0.05) is 6.07 Å². The molecule has 4 aromatic rings. The molecule has 0 radical (unpaired) electrons. The van der Waals surface area contributed by atoms with Crippen LogP contribution < -0.4 is 16.2 Å². The van der Waals surface area contributed by atoms with Crippen molar-refractivity contribution in [2.75, 3.05) is 10.7 Å². The first kappa shape index (κ1) is 19.7. The van der Waals surface area contributed by atoms with Gasteiger partial charge in [0, 0.05) is 17.8 Å². The third-order valence-corrected chi connectivity index (χ3v) is 5.25. The van der Waals surface area contributed by atoms with Crippen LogP contribution in [0.1, 0.15) is 11.3 Å². The number of pyridine rings is 1. The largest absolute Gasteiger partial charge is 0.339 e. The molecule has 0 saturated carbocycles. The number of rotatable bonds is 4. The van der Waals surface area contributed by atoms with Gasteiger partial charge in [-0.3, -0.25) is 15.4 Å². The lowest BCUT2D eigenvalue weighted by Gasteiger charge is -2.09. The Hall–Kier alpha value is -3.60. The number of thiazole rings is 1. The number of nitrogens with one attached hydrogen (secondary N) is 3. The Bertz CT molecular complexity index is 1250. The van der Waals surface area contributed by atoms with E-state index in [4.69, 9.17) is 0 Å². The first-order valence-corrected chi connectivity index (χ1v) is 9.75. The second-order valence-electron chi connectivity index (χ2n) is 6.57. The van der Waals surface area contributed by atoms with Gasteiger partial charge in [0.25, 0.3) is 0 Å². The summed E-state index contributed by atoms with van der Waals surface area (Å²) in [6, 6.07) is 4.76. The van der Waals surface area contributed by atoms with E-state index in [-0.39, 0.29) is 16.4 Å². The molecule has 0 atom stereocenters. The van der Waals surface area contributed by atoms with Crippen molar-refractivity contribution in [3.8, 4) is 10.6 Å². The van der Waals surface area contributed by atoms with Crippen LogP contribution in [-0.2, 0) is 7.05 Å². The molecule has 0 fully saturated rings. The zero-order valence-electron chi connectivity index (χ0n) is 16.2. The molecular weight excluding hydrogens is 412 g/mol. The number of nitrogens with zero attached hydrogens (tertiary/aromatic N) is 4. The number of carbonyl (C=O) groups is 1. The predicted octanol–water partition coefficient (Wildman–Crippen LogP) is 4.14. The van der Waals surface area contributed by atoms with Gasteiger partial charge in [0.1, 0.15) is 28.3 Å². The molecule has 11 heteroatoms. The molecule has 2 amide bonds. The number of halogens is 2. The summed E-state index contributed by atoms with van der Waals surface area (Å²) in [7, 11) is 1.80. The summed E-state index contributed by atoms with van der Waals surface area (Å²) in [4.78, 5) is 20.7. The molecule has 154 valence electrons. The molecule has 1 aromatic carbocycles. The molecular formula is C19H17F2N7OS. The fraction of sp³-hybridized carbons (Fsp3) is 0.158. The van der Waals surface area contributed by atoms with Crippen molar-refractivity contribution >= 4 is 40.0 Å². The summed E-state index contributed by atoms with van der Waals surface area (Å²) >= 11 is 1.02. The summed E-state index contributed by atoms with van der Waals surface area (Å²) in [6.07, 6.45) is 0. The molecule has 8 nitrogen and oxygen atoms in total. The first-order valence-electron chi connectivity index (χ1n) is 8.87. The van der Waals surface area contributed by atoms with Crippen molar-refractivity contribution in [3.05, 3.63) is 52.5 Å². The zero-order chi connectivity index (χ0) is 21.4. The Labute approximate surface area is 173 Å². The van der Waals surface area contributed by atoms with Gasteiger partial charge in [0.15, 0.2) is 5.65 Å².